The summed E-state index contributed by atoms with van der Waals surface area (Å²) in [6.45, 7) is 8.17. The van der Waals surface area contributed by atoms with Gasteiger partial charge in [0.2, 0.25) is 0 Å². The Bertz CT molecular complexity index is 341. The van der Waals surface area contributed by atoms with Gasteiger partial charge in [0.25, 0.3) is 0 Å². The number of likely N-dealkylation sites (tertiary alicyclic amines) is 1. The van der Waals surface area contributed by atoms with Gasteiger partial charge >= 0.3 is 0 Å². The summed E-state index contributed by atoms with van der Waals surface area (Å²) in [5.41, 5.74) is 1.26. The van der Waals surface area contributed by atoms with Crippen molar-refractivity contribution in [3.8, 4) is 0 Å². The van der Waals surface area contributed by atoms with E-state index in [0.717, 1.165) is 6.54 Å². The Hall–Kier alpha value is -0.870. The van der Waals surface area contributed by atoms with Crippen LogP contribution in [0, 0.1) is 0 Å². The van der Waals surface area contributed by atoms with Crippen molar-refractivity contribution in [3.05, 3.63) is 18.0 Å². The van der Waals surface area contributed by atoms with Gasteiger partial charge in [-0.2, -0.15) is 5.10 Å². The fraction of sp³-hybridized carbons (Fsp3) is 0.769. The number of nitrogens with zero attached hydrogens (tertiary/aromatic N) is 3. The van der Waals surface area contributed by atoms with Crippen LogP contribution in [0.2, 0.25) is 0 Å². The SMILES string of the molecule is CC(CN1CCCC1)NC(C)c1cnn(C)c1. The van der Waals surface area contributed by atoms with Crippen molar-refractivity contribution in [2.75, 3.05) is 19.6 Å². The van der Waals surface area contributed by atoms with E-state index in [9.17, 15) is 0 Å². The first-order valence-corrected chi connectivity index (χ1v) is 6.62. The third-order valence-corrected chi connectivity index (χ3v) is 3.49. The van der Waals surface area contributed by atoms with Gasteiger partial charge in [-0.05, 0) is 39.8 Å². The van der Waals surface area contributed by atoms with Crippen molar-refractivity contribution in [2.45, 2.75) is 38.8 Å². The van der Waals surface area contributed by atoms with Gasteiger partial charge in [-0.1, -0.05) is 0 Å². The van der Waals surface area contributed by atoms with Gasteiger partial charge in [0.05, 0.1) is 6.20 Å². The highest BCUT2D eigenvalue weighted by Gasteiger charge is 2.16. The van der Waals surface area contributed by atoms with Crippen molar-refractivity contribution >= 4 is 0 Å². The van der Waals surface area contributed by atoms with Crippen LogP contribution in [-0.4, -0.2) is 40.4 Å². The van der Waals surface area contributed by atoms with Crippen LogP contribution in [0.1, 0.15) is 38.3 Å². The van der Waals surface area contributed by atoms with Crippen LogP contribution in [0.3, 0.4) is 0 Å². The van der Waals surface area contributed by atoms with Gasteiger partial charge in [0, 0.05) is 37.4 Å². The molecule has 1 aliphatic heterocycles. The first-order valence-electron chi connectivity index (χ1n) is 6.62. The highest BCUT2D eigenvalue weighted by Crippen LogP contribution is 2.13. The Balaban J connectivity index is 1.79. The summed E-state index contributed by atoms with van der Waals surface area (Å²) >= 11 is 0. The predicted molar refractivity (Wildman–Crippen MR) is 69.9 cm³/mol. The van der Waals surface area contributed by atoms with E-state index in [1.54, 1.807) is 0 Å². The molecule has 0 radical (unpaired) electrons. The van der Waals surface area contributed by atoms with Crippen molar-refractivity contribution < 1.29 is 0 Å². The summed E-state index contributed by atoms with van der Waals surface area (Å²) in [5.74, 6) is 0. The topological polar surface area (TPSA) is 33.1 Å². The van der Waals surface area contributed by atoms with Crippen molar-refractivity contribution in [3.63, 3.8) is 0 Å². The van der Waals surface area contributed by atoms with Crippen LogP contribution in [0.15, 0.2) is 12.4 Å². The second-order valence-electron chi connectivity index (χ2n) is 5.24. The lowest BCUT2D eigenvalue weighted by atomic mass is 10.1. The summed E-state index contributed by atoms with van der Waals surface area (Å²) in [5, 5.41) is 7.86. The molecule has 0 spiro atoms. The number of aromatic nitrogens is 2. The van der Waals surface area contributed by atoms with Crippen LogP contribution in [0.5, 0.6) is 0 Å². The van der Waals surface area contributed by atoms with Crippen molar-refractivity contribution in [1.82, 2.24) is 20.0 Å². The van der Waals surface area contributed by atoms with E-state index in [1.165, 1.54) is 31.5 Å². The second-order valence-corrected chi connectivity index (χ2v) is 5.24. The summed E-state index contributed by atoms with van der Waals surface area (Å²) in [4.78, 5) is 2.55. The normalized spacial score (nSPS) is 20.6. The summed E-state index contributed by atoms with van der Waals surface area (Å²) in [6, 6.07) is 0.907. The smallest absolute Gasteiger partial charge is 0.0537 e. The molecule has 2 heterocycles. The highest BCUT2D eigenvalue weighted by atomic mass is 15.2. The lowest BCUT2D eigenvalue weighted by molar-refractivity contribution is 0.289. The van der Waals surface area contributed by atoms with Gasteiger partial charge < -0.3 is 10.2 Å². The molecule has 4 heteroatoms. The molecule has 1 N–H and O–H groups in total. The molecule has 1 aliphatic rings. The molecule has 0 aromatic carbocycles. The van der Waals surface area contributed by atoms with Crippen molar-refractivity contribution in [1.29, 1.82) is 0 Å². The minimum absolute atomic E-state index is 0.376. The van der Waals surface area contributed by atoms with Gasteiger partial charge in [-0.3, -0.25) is 4.68 Å². The molecule has 0 bridgehead atoms. The monoisotopic (exact) mass is 236 g/mol. The molecule has 0 aliphatic carbocycles. The van der Waals surface area contributed by atoms with E-state index >= 15 is 0 Å². The molecule has 1 fully saturated rings. The quantitative estimate of drug-likeness (QED) is 0.842. The molecular weight excluding hydrogens is 212 g/mol. The van der Waals surface area contributed by atoms with Gasteiger partial charge in [0.1, 0.15) is 0 Å². The molecule has 17 heavy (non-hydrogen) atoms. The van der Waals surface area contributed by atoms with Crippen LogP contribution < -0.4 is 5.32 Å². The van der Waals surface area contributed by atoms with Crippen molar-refractivity contribution in [2.24, 2.45) is 7.05 Å². The first kappa shape index (κ1) is 12.6. The Morgan fingerprint density at radius 1 is 1.35 bits per heavy atom. The molecule has 4 nitrogen and oxygen atoms in total. The fourth-order valence-corrected chi connectivity index (χ4v) is 2.59. The van der Waals surface area contributed by atoms with Crippen LogP contribution in [-0.2, 0) is 7.05 Å². The number of nitrogens with one attached hydrogen (secondary N) is 1. The second kappa shape index (κ2) is 5.65. The Morgan fingerprint density at radius 3 is 2.65 bits per heavy atom. The molecule has 2 atom stereocenters. The largest absolute Gasteiger partial charge is 0.306 e. The minimum Gasteiger partial charge on any atom is -0.306 e. The van der Waals surface area contributed by atoms with E-state index in [0.29, 0.717) is 12.1 Å². The average molecular weight is 236 g/mol. The molecule has 0 amide bonds. The zero-order valence-corrected chi connectivity index (χ0v) is 11.2. The number of rotatable bonds is 5. The molecule has 1 aromatic rings. The maximum absolute atomic E-state index is 4.21. The van der Waals surface area contributed by atoms with Crippen LogP contribution in [0.4, 0.5) is 0 Å². The van der Waals surface area contributed by atoms with E-state index in [4.69, 9.17) is 0 Å². The van der Waals surface area contributed by atoms with E-state index in [1.807, 2.05) is 17.9 Å². The lowest BCUT2D eigenvalue weighted by Gasteiger charge is -2.24. The number of hydrogen-bond acceptors (Lipinski definition) is 3. The molecule has 0 saturated carbocycles. The van der Waals surface area contributed by atoms with Gasteiger partial charge in [-0.15, -0.1) is 0 Å². The zero-order valence-electron chi connectivity index (χ0n) is 11.2. The third kappa shape index (κ3) is 3.54. The number of hydrogen-bond donors (Lipinski definition) is 1. The Morgan fingerprint density at radius 2 is 2.06 bits per heavy atom. The standard InChI is InChI=1S/C13H24N4/c1-11(9-17-6-4-5-7-17)15-12(2)13-8-14-16(3)10-13/h8,10-12,15H,4-7,9H2,1-3H3. The van der Waals surface area contributed by atoms with E-state index in [2.05, 4.69) is 35.4 Å². The minimum atomic E-state index is 0.376. The highest BCUT2D eigenvalue weighted by molar-refractivity contribution is 5.09. The number of aryl methyl sites for hydroxylation is 1. The maximum atomic E-state index is 4.21. The molecule has 2 unspecified atom stereocenters. The molecule has 1 saturated heterocycles. The maximum Gasteiger partial charge on any atom is 0.0537 e. The third-order valence-electron chi connectivity index (χ3n) is 3.49. The summed E-state index contributed by atoms with van der Waals surface area (Å²) in [6.07, 6.45) is 6.76. The first-order chi connectivity index (χ1) is 8.15. The molecular formula is C13H24N4. The van der Waals surface area contributed by atoms with E-state index < -0.39 is 0 Å². The summed E-state index contributed by atoms with van der Waals surface area (Å²) in [7, 11) is 1.96. The fourth-order valence-electron chi connectivity index (χ4n) is 2.59. The van der Waals surface area contributed by atoms with Crippen LogP contribution in [0.25, 0.3) is 0 Å². The average Bonchev–Trinajstić information content (AvgIpc) is 2.89. The molecule has 2 rings (SSSR count). The van der Waals surface area contributed by atoms with E-state index in [-0.39, 0.29) is 0 Å². The van der Waals surface area contributed by atoms with Crippen LogP contribution >= 0.6 is 0 Å². The predicted octanol–water partition coefficient (Wildman–Crippen LogP) is 1.55. The summed E-state index contributed by atoms with van der Waals surface area (Å²) < 4.78 is 1.86. The molecule has 96 valence electrons. The Labute approximate surface area is 104 Å². The lowest BCUT2D eigenvalue weighted by Crippen LogP contribution is -2.39. The zero-order chi connectivity index (χ0) is 12.3. The van der Waals surface area contributed by atoms with Gasteiger partial charge in [0.15, 0.2) is 0 Å². The molecule has 1 aromatic heterocycles. The Kier molecular flexibility index (Phi) is 4.18. The van der Waals surface area contributed by atoms with Gasteiger partial charge in [-0.25, -0.2) is 0 Å².